The Morgan fingerprint density at radius 2 is 1.07 bits per heavy atom. The number of nitriles is 2. The highest BCUT2D eigenvalue weighted by Crippen LogP contribution is 2.33. The van der Waals surface area contributed by atoms with Crippen molar-refractivity contribution in [2.45, 2.75) is 0 Å². The van der Waals surface area contributed by atoms with Crippen LogP contribution in [0.25, 0.3) is 28.2 Å². The van der Waals surface area contributed by atoms with Gasteiger partial charge in [0.25, 0.3) is 0 Å². The summed E-state index contributed by atoms with van der Waals surface area (Å²) >= 11 is 0. The predicted molar refractivity (Wildman–Crippen MR) is 115 cm³/mol. The quantitative estimate of drug-likeness (QED) is 0.505. The molecule has 0 fully saturated rings. The third kappa shape index (κ3) is 3.29. The molecule has 0 aliphatic heterocycles. The zero-order valence-electron chi connectivity index (χ0n) is 15.5. The van der Waals surface area contributed by atoms with Crippen LogP contribution in [-0.2, 0) is 0 Å². The molecular weight excluding hydrogens is 358 g/mol. The second kappa shape index (κ2) is 7.26. The van der Waals surface area contributed by atoms with Crippen molar-refractivity contribution >= 4 is 11.4 Å². The van der Waals surface area contributed by atoms with Crippen LogP contribution in [0.1, 0.15) is 11.1 Å². The Morgan fingerprint density at radius 1 is 0.586 bits per heavy atom. The highest BCUT2D eigenvalue weighted by atomic mass is 15.0. The number of nitrogens with zero attached hydrogens (tertiary/aromatic N) is 3. The second-order valence-electron chi connectivity index (χ2n) is 6.64. The van der Waals surface area contributed by atoms with Gasteiger partial charge in [0, 0.05) is 17.1 Å². The van der Waals surface area contributed by atoms with E-state index in [0.29, 0.717) is 22.5 Å². The van der Waals surface area contributed by atoms with Crippen molar-refractivity contribution in [1.82, 2.24) is 4.57 Å². The summed E-state index contributed by atoms with van der Waals surface area (Å²) in [6, 6.07) is 28.8. The molecule has 0 saturated carbocycles. The van der Waals surface area contributed by atoms with E-state index in [1.807, 2.05) is 66.7 Å². The third-order valence-corrected chi connectivity index (χ3v) is 4.80. The molecule has 0 unspecified atom stereocenters. The number of aromatic nitrogens is 1. The van der Waals surface area contributed by atoms with Gasteiger partial charge in [0.15, 0.2) is 0 Å². The fraction of sp³-hybridized carbons (Fsp3) is 0. The first kappa shape index (κ1) is 17.9. The first-order valence-electron chi connectivity index (χ1n) is 8.99. The van der Waals surface area contributed by atoms with E-state index in [1.165, 1.54) is 0 Å². The molecule has 4 aromatic rings. The zero-order valence-corrected chi connectivity index (χ0v) is 15.5. The van der Waals surface area contributed by atoms with Gasteiger partial charge in [0.05, 0.1) is 22.5 Å². The van der Waals surface area contributed by atoms with Crippen LogP contribution in [-0.4, -0.2) is 4.57 Å². The highest BCUT2D eigenvalue weighted by Gasteiger charge is 2.15. The smallest absolute Gasteiger partial charge is 0.101 e. The van der Waals surface area contributed by atoms with E-state index < -0.39 is 0 Å². The Morgan fingerprint density at radius 3 is 1.52 bits per heavy atom. The van der Waals surface area contributed by atoms with Crippen molar-refractivity contribution < 1.29 is 0 Å². The Kier molecular flexibility index (Phi) is 4.49. The molecule has 5 heteroatoms. The van der Waals surface area contributed by atoms with Gasteiger partial charge < -0.3 is 16.0 Å². The van der Waals surface area contributed by atoms with Gasteiger partial charge in [-0.25, -0.2) is 0 Å². The molecule has 5 nitrogen and oxygen atoms in total. The molecule has 0 aliphatic rings. The van der Waals surface area contributed by atoms with Crippen LogP contribution < -0.4 is 11.5 Å². The van der Waals surface area contributed by atoms with Crippen LogP contribution >= 0.6 is 0 Å². The molecule has 0 saturated heterocycles. The summed E-state index contributed by atoms with van der Waals surface area (Å²) < 4.78 is 2.07. The SMILES string of the molecule is N#Cc1ccc(-n2c(-c3ccc(N)cc3)ccc2-c2ccc(N)cc2)cc1C#N. The molecule has 0 aliphatic carbocycles. The lowest BCUT2D eigenvalue weighted by atomic mass is 10.1. The molecule has 3 aromatic carbocycles. The summed E-state index contributed by atoms with van der Waals surface area (Å²) in [6.07, 6.45) is 0. The zero-order chi connectivity index (χ0) is 20.4. The molecule has 0 bridgehead atoms. The Bertz CT molecular complexity index is 1200. The van der Waals surface area contributed by atoms with Crippen molar-refractivity contribution in [2.24, 2.45) is 0 Å². The normalized spacial score (nSPS) is 10.3. The highest BCUT2D eigenvalue weighted by molar-refractivity contribution is 5.75. The van der Waals surface area contributed by atoms with Crippen molar-refractivity contribution in [3.05, 3.63) is 90.0 Å². The Labute approximate surface area is 168 Å². The number of hydrogen-bond acceptors (Lipinski definition) is 4. The number of benzene rings is 3. The molecule has 0 amide bonds. The lowest BCUT2D eigenvalue weighted by Crippen LogP contribution is -2.01. The van der Waals surface area contributed by atoms with E-state index in [1.54, 1.807) is 12.1 Å². The largest absolute Gasteiger partial charge is 0.399 e. The molecule has 0 atom stereocenters. The minimum Gasteiger partial charge on any atom is -0.399 e. The van der Waals surface area contributed by atoms with Crippen LogP contribution in [0.2, 0.25) is 0 Å². The van der Waals surface area contributed by atoms with E-state index >= 15 is 0 Å². The standard InChI is InChI=1S/C24H17N5/c25-14-18-5-10-22(13-19(18)15-26)29-23(16-1-6-20(27)7-2-16)11-12-24(29)17-3-8-21(28)9-4-17/h1-13H,27-28H2. The van der Waals surface area contributed by atoms with Gasteiger partial charge in [0.2, 0.25) is 0 Å². The number of rotatable bonds is 3. The summed E-state index contributed by atoms with van der Waals surface area (Å²) in [5, 5.41) is 18.7. The summed E-state index contributed by atoms with van der Waals surface area (Å²) in [5.41, 5.74) is 18.4. The lowest BCUT2D eigenvalue weighted by molar-refractivity contribution is 1.09. The van der Waals surface area contributed by atoms with Crippen LogP contribution in [0, 0.1) is 22.7 Å². The summed E-state index contributed by atoms with van der Waals surface area (Å²) in [6.45, 7) is 0. The topological polar surface area (TPSA) is 105 Å². The maximum absolute atomic E-state index is 9.47. The number of nitrogen functional groups attached to an aromatic ring is 2. The van der Waals surface area contributed by atoms with Gasteiger partial charge in [-0.05, 0) is 65.7 Å². The van der Waals surface area contributed by atoms with E-state index in [2.05, 4.69) is 16.7 Å². The minimum absolute atomic E-state index is 0.338. The summed E-state index contributed by atoms with van der Waals surface area (Å²) in [7, 11) is 0. The van der Waals surface area contributed by atoms with Gasteiger partial charge in [-0.15, -0.1) is 0 Å². The average molecular weight is 375 g/mol. The molecular formula is C24H17N5. The van der Waals surface area contributed by atoms with Crippen LogP contribution in [0.5, 0.6) is 0 Å². The van der Waals surface area contributed by atoms with Crippen molar-refractivity contribution in [3.63, 3.8) is 0 Å². The average Bonchev–Trinajstić information content (AvgIpc) is 3.19. The monoisotopic (exact) mass is 375 g/mol. The molecule has 4 rings (SSSR count). The van der Waals surface area contributed by atoms with Gasteiger partial charge in [-0.2, -0.15) is 10.5 Å². The van der Waals surface area contributed by atoms with Crippen LogP contribution in [0.4, 0.5) is 11.4 Å². The molecule has 1 aromatic heterocycles. The molecule has 0 radical (unpaired) electrons. The van der Waals surface area contributed by atoms with Gasteiger partial charge in [-0.3, -0.25) is 0 Å². The van der Waals surface area contributed by atoms with Crippen molar-refractivity contribution in [1.29, 1.82) is 10.5 Å². The minimum atomic E-state index is 0.338. The molecule has 4 N–H and O–H groups in total. The maximum atomic E-state index is 9.47. The first-order chi connectivity index (χ1) is 14.1. The third-order valence-electron chi connectivity index (χ3n) is 4.80. The molecule has 138 valence electrons. The van der Waals surface area contributed by atoms with E-state index in [9.17, 15) is 10.5 Å². The number of anilines is 2. The fourth-order valence-electron chi connectivity index (χ4n) is 3.33. The number of hydrogen-bond donors (Lipinski definition) is 2. The summed E-state index contributed by atoms with van der Waals surface area (Å²) in [4.78, 5) is 0. The number of nitrogens with two attached hydrogens (primary N) is 2. The van der Waals surface area contributed by atoms with E-state index in [-0.39, 0.29) is 0 Å². The van der Waals surface area contributed by atoms with E-state index in [4.69, 9.17) is 11.5 Å². The fourth-order valence-corrected chi connectivity index (χ4v) is 3.33. The summed E-state index contributed by atoms with van der Waals surface area (Å²) in [5.74, 6) is 0. The van der Waals surface area contributed by atoms with Crippen molar-refractivity contribution in [2.75, 3.05) is 11.5 Å². The van der Waals surface area contributed by atoms with E-state index in [0.717, 1.165) is 28.2 Å². The molecule has 1 heterocycles. The molecule has 29 heavy (non-hydrogen) atoms. The second-order valence-corrected chi connectivity index (χ2v) is 6.64. The van der Waals surface area contributed by atoms with Gasteiger partial charge >= 0.3 is 0 Å². The maximum Gasteiger partial charge on any atom is 0.101 e. The lowest BCUT2D eigenvalue weighted by Gasteiger charge is -2.15. The Balaban J connectivity index is 1.98. The van der Waals surface area contributed by atoms with Crippen LogP contribution in [0.15, 0.2) is 78.9 Å². The Hall–Kier alpha value is -4.48. The predicted octanol–water partition coefficient (Wildman–Crippen LogP) is 4.72. The van der Waals surface area contributed by atoms with Crippen LogP contribution in [0.3, 0.4) is 0 Å². The molecule has 0 spiro atoms. The van der Waals surface area contributed by atoms with Gasteiger partial charge in [-0.1, -0.05) is 24.3 Å². The first-order valence-corrected chi connectivity index (χ1v) is 8.99. The van der Waals surface area contributed by atoms with Gasteiger partial charge in [0.1, 0.15) is 12.1 Å². The van der Waals surface area contributed by atoms with Crippen molar-refractivity contribution in [3.8, 4) is 40.3 Å².